The van der Waals surface area contributed by atoms with Gasteiger partial charge in [-0.15, -0.1) is 0 Å². The molecule has 1 unspecified atom stereocenters. The maximum absolute atomic E-state index is 14.6. The van der Waals surface area contributed by atoms with Crippen molar-refractivity contribution in [1.29, 1.82) is 0 Å². The van der Waals surface area contributed by atoms with Gasteiger partial charge in [0.15, 0.2) is 5.69 Å². The number of methoxy groups -OCH3 is 1. The van der Waals surface area contributed by atoms with Crippen LogP contribution in [0.5, 0.6) is 0 Å². The third-order valence-corrected chi connectivity index (χ3v) is 4.03. The van der Waals surface area contributed by atoms with Crippen LogP contribution in [-0.2, 0) is 4.74 Å². The lowest BCUT2D eigenvalue weighted by Crippen LogP contribution is -2.18. The Balaban J connectivity index is 2.71. The van der Waals surface area contributed by atoms with E-state index in [2.05, 4.69) is 9.72 Å². The summed E-state index contributed by atoms with van der Waals surface area (Å²) >= 11 is 11.4. The summed E-state index contributed by atoms with van der Waals surface area (Å²) in [5.41, 5.74) is 2.63. The number of pyridine rings is 1. The topological polar surface area (TPSA) is 65.2 Å². The number of nitrogens with two attached hydrogens (primary N) is 1. The molecule has 0 aliphatic carbocycles. The van der Waals surface area contributed by atoms with Gasteiger partial charge in [-0.2, -0.15) is 13.2 Å². The highest BCUT2D eigenvalue weighted by Crippen LogP contribution is 2.42. The molecule has 0 saturated carbocycles. The van der Waals surface area contributed by atoms with Crippen molar-refractivity contribution in [2.45, 2.75) is 12.3 Å². The number of benzene rings is 1. The minimum atomic E-state index is -5.37. The first-order valence-corrected chi connectivity index (χ1v) is 7.48. The number of anilines is 1. The number of nitrogen functional groups attached to an aromatic ring is 1. The molecule has 1 atom stereocenters. The summed E-state index contributed by atoms with van der Waals surface area (Å²) in [6.07, 6.45) is -9.02. The summed E-state index contributed by atoms with van der Waals surface area (Å²) in [6, 6.07) is 2.87. The van der Waals surface area contributed by atoms with Crippen LogP contribution >= 0.6 is 23.2 Å². The van der Waals surface area contributed by atoms with Gasteiger partial charge in [0.25, 0.3) is 0 Å². The third-order valence-electron chi connectivity index (χ3n) is 3.31. The molecule has 4 nitrogen and oxygen atoms in total. The second kappa shape index (κ2) is 7.24. The maximum atomic E-state index is 14.6. The van der Waals surface area contributed by atoms with Crippen LogP contribution in [0.15, 0.2) is 18.2 Å². The zero-order chi connectivity index (χ0) is 19.8. The van der Waals surface area contributed by atoms with Gasteiger partial charge in [0.1, 0.15) is 5.82 Å². The van der Waals surface area contributed by atoms with E-state index in [1.807, 2.05) is 0 Å². The van der Waals surface area contributed by atoms with Crippen LogP contribution in [0, 0.1) is 5.82 Å². The van der Waals surface area contributed by atoms with Crippen LogP contribution in [0.25, 0.3) is 11.3 Å². The van der Waals surface area contributed by atoms with E-state index >= 15 is 0 Å². The number of halogens is 7. The van der Waals surface area contributed by atoms with Crippen LogP contribution in [-0.4, -0.2) is 24.2 Å². The number of ether oxygens (including phenoxy) is 1. The number of hydrogen-bond donors (Lipinski definition) is 1. The first kappa shape index (κ1) is 20.2. The monoisotopic (exact) mass is 414 g/mol. The predicted octanol–water partition coefficient (Wildman–Crippen LogP) is 5.14. The van der Waals surface area contributed by atoms with Gasteiger partial charge in [0, 0.05) is 5.56 Å². The molecule has 2 rings (SSSR count). The molecular formula is C15H9Cl2F5N2O2. The SMILES string of the molecule is COC(=O)c1nc(-c2ccc(Cl)c(C(F)C(F)(F)F)c2F)cc(N)c1Cl. The summed E-state index contributed by atoms with van der Waals surface area (Å²) in [5, 5.41) is -1.04. The van der Waals surface area contributed by atoms with Gasteiger partial charge in [-0.25, -0.2) is 18.6 Å². The molecule has 0 bridgehead atoms. The van der Waals surface area contributed by atoms with Crippen molar-refractivity contribution >= 4 is 34.9 Å². The Bertz CT molecular complexity index is 874. The Morgan fingerprint density at radius 2 is 1.92 bits per heavy atom. The van der Waals surface area contributed by atoms with Crippen LogP contribution < -0.4 is 5.73 Å². The lowest BCUT2D eigenvalue weighted by atomic mass is 10.0. The molecule has 0 saturated heterocycles. The highest BCUT2D eigenvalue weighted by Gasteiger charge is 2.44. The maximum Gasteiger partial charge on any atom is 0.424 e. The van der Waals surface area contributed by atoms with Gasteiger partial charge in [0.05, 0.1) is 34.1 Å². The Kier molecular flexibility index (Phi) is 5.62. The fourth-order valence-electron chi connectivity index (χ4n) is 2.08. The molecular weight excluding hydrogens is 406 g/mol. The van der Waals surface area contributed by atoms with Crippen molar-refractivity contribution in [2.75, 3.05) is 12.8 Å². The van der Waals surface area contributed by atoms with E-state index in [4.69, 9.17) is 28.9 Å². The summed E-state index contributed by atoms with van der Waals surface area (Å²) < 4.78 is 70.7. The van der Waals surface area contributed by atoms with E-state index in [-0.39, 0.29) is 16.4 Å². The minimum Gasteiger partial charge on any atom is -0.464 e. The third kappa shape index (κ3) is 3.68. The van der Waals surface area contributed by atoms with Gasteiger partial charge in [0.2, 0.25) is 6.17 Å². The molecule has 1 heterocycles. The normalized spacial score (nSPS) is 12.8. The fraction of sp³-hybridized carbons (Fsp3) is 0.200. The number of rotatable bonds is 3. The smallest absolute Gasteiger partial charge is 0.424 e. The average Bonchev–Trinajstić information content (AvgIpc) is 2.55. The fourth-order valence-corrected chi connectivity index (χ4v) is 2.50. The molecule has 11 heteroatoms. The highest BCUT2D eigenvalue weighted by atomic mass is 35.5. The lowest BCUT2D eigenvalue weighted by molar-refractivity contribution is -0.183. The summed E-state index contributed by atoms with van der Waals surface area (Å²) in [7, 11) is 1.03. The molecule has 0 aliphatic rings. The number of nitrogens with zero attached hydrogens (tertiary/aromatic N) is 1. The van der Waals surface area contributed by atoms with Crippen LogP contribution in [0.1, 0.15) is 22.2 Å². The van der Waals surface area contributed by atoms with Crippen molar-refractivity contribution < 1.29 is 31.5 Å². The number of carbonyl (C=O) groups is 1. The van der Waals surface area contributed by atoms with Crippen molar-refractivity contribution in [3.8, 4) is 11.3 Å². The van der Waals surface area contributed by atoms with Crippen LogP contribution in [0.3, 0.4) is 0 Å². The molecule has 140 valence electrons. The molecule has 0 fully saturated rings. The Hall–Kier alpha value is -2.13. The van der Waals surface area contributed by atoms with Gasteiger partial charge < -0.3 is 10.5 Å². The average molecular weight is 415 g/mol. The van der Waals surface area contributed by atoms with E-state index in [9.17, 15) is 26.7 Å². The van der Waals surface area contributed by atoms with Crippen molar-refractivity contribution in [1.82, 2.24) is 4.98 Å². The summed E-state index contributed by atoms with van der Waals surface area (Å²) in [6.45, 7) is 0. The number of esters is 1. The van der Waals surface area contributed by atoms with Gasteiger partial charge in [-0.1, -0.05) is 23.2 Å². The van der Waals surface area contributed by atoms with E-state index in [0.717, 1.165) is 25.3 Å². The Morgan fingerprint density at radius 3 is 2.46 bits per heavy atom. The molecule has 26 heavy (non-hydrogen) atoms. The Morgan fingerprint density at radius 1 is 1.31 bits per heavy atom. The van der Waals surface area contributed by atoms with Crippen molar-refractivity contribution in [2.24, 2.45) is 0 Å². The number of aromatic nitrogens is 1. The van der Waals surface area contributed by atoms with E-state index in [1.165, 1.54) is 0 Å². The zero-order valence-electron chi connectivity index (χ0n) is 12.8. The standard InChI is InChI=1S/C15H9Cl2F5N2O2/c1-26-14(25)12-10(17)7(23)4-8(24-12)5-2-3-6(16)9(11(5)18)13(19)15(20,21)22/h2-4,13H,1H3,(H2,23,24). The molecule has 0 amide bonds. The van der Waals surface area contributed by atoms with Gasteiger partial charge in [-0.05, 0) is 18.2 Å². The van der Waals surface area contributed by atoms with E-state index in [1.54, 1.807) is 0 Å². The second-order valence-electron chi connectivity index (χ2n) is 4.98. The number of hydrogen-bond acceptors (Lipinski definition) is 4. The van der Waals surface area contributed by atoms with Gasteiger partial charge in [-0.3, -0.25) is 0 Å². The molecule has 0 radical (unpaired) electrons. The van der Waals surface area contributed by atoms with E-state index in [0.29, 0.717) is 0 Å². The Labute approximate surface area is 153 Å². The quantitative estimate of drug-likeness (QED) is 0.557. The van der Waals surface area contributed by atoms with Gasteiger partial charge >= 0.3 is 12.1 Å². The molecule has 0 spiro atoms. The number of carbonyl (C=O) groups excluding carboxylic acids is 1. The molecule has 1 aromatic heterocycles. The predicted molar refractivity (Wildman–Crippen MR) is 85.3 cm³/mol. The second-order valence-corrected chi connectivity index (χ2v) is 5.76. The van der Waals surface area contributed by atoms with Crippen LogP contribution in [0.2, 0.25) is 10.0 Å². The summed E-state index contributed by atoms with van der Waals surface area (Å²) in [5.74, 6) is -2.59. The number of alkyl halides is 4. The van der Waals surface area contributed by atoms with Crippen molar-refractivity contribution in [3.63, 3.8) is 0 Å². The zero-order valence-corrected chi connectivity index (χ0v) is 14.3. The molecule has 1 aromatic carbocycles. The largest absolute Gasteiger partial charge is 0.464 e. The molecule has 0 aliphatic heterocycles. The highest BCUT2D eigenvalue weighted by molar-refractivity contribution is 6.35. The lowest BCUT2D eigenvalue weighted by Gasteiger charge is -2.17. The molecule has 2 aromatic rings. The summed E-state index contributed by atoms with van der Waals surface area (Å²) in [4.78, 5) is 15.4. The minimum absolute atomic E-state index is 0.208. The first-order valence-electron chi connectivity index (χ1n) is 6.72. The molecule has 2 N–H and O–H groups in total. The van der Waals surface area contributed by atoms with Crippen molar-refractivity contribution in [3.05, 3.63) is 45.3 Å². The van der Waals surface area contributed by atoms with E-state index < -0.39 is 46.0 Å². The first-order chi connectivity index (χ1) is 12.0. The van der Waals surface area contributed by atoms with Crippen LogP contribution in [0.4, 0.5) is 27.6 Å².